The molecule has 0 spiro atoms. The number of likely N-dealkylation sites (tertiary alicyclic amines) is 1. The topological polar surface area (TPSA) is 62.5 Å². The Labute approximate surface area is 213 Å². The molecule has 1 unspecified atom stereocenters. The highest BCUT2D eigenvalue weighted by molar-refractivity contribution is 9.10. The van der Waals surface area contributed by atoms with Gasteiger partial charge in [-0.2, -0.15) is 9.61 Å². The molecule has 2 aromatic heterocycles. The van der Waals surface area contributed by atoms with E-state index in [0.717, 1.165) is 54.0 Å². The van der Waals surface area contributed by atoms with Crippen LogP contribution in [-0.4, -0.2) is 38.5 Å². The second-order valence-electron chi connectivity index (χ2n) is 9.62. The third-order valence-electron chi connectivity index (χ3n) is 7.25. The highest BCUT2D eigenvalue weighted by Crippen LogP contribution is 2.49. The number of hydrogen-bond donors (Lipinski definition) is 1. The molecule has 35 heavy (non-hydrogen) atoms. The number of nitrogens with one attached hydrogen (secondary N) is 1. The zero-order valence-electron chi connectivity index (χ0n) is 19.5. The summed E-state index contributed by atoms with van der Waals surface area (Å²) in [7, 11) is 0. The van der Waals surface area contributed by atoms with Crippen molar-refractivity contribution in [3.8, 4) is 0 Å². The van der Waals surface area contributed by atoms with Crippen LogP contribution in [0.5, 0.6) is 0 Å². The standard InChI is InChI=1S/C28H28BrN5O/c29-24-17-31-34-26(30-16-19-8-3-1-4-9-19)15-25(32-27(24)34)21-12-7-13-33(18-21)28(35)23-14-22(23)20-10-5-2-6-11-20/h1-6,8-11,15,17,21-23,30H,7,12-14,16,18H2/t21?,22-,23+/m0/s1. The van der Waals surface area contributed by atoms with Crippen LogP contribution in [0.25, 0.3) is 5.65 Å². The molecule has 2 aromatic carbocycles. The molecular weight excluding hydrogens is 502 g/mol. The third-order valence-corrected chi connectivity index (χ3v) is 7.81. The van der Waals surface area contributed by atoms with E-state index >= 15 is 0 Å². The van der Waals surface area contributed by atoms with E-state index in [4.69, 9.17) is 4.98 Å². The molecular formula is C28H28BrN5O. The van der Waals surface area contributed by atoms with Gasteiger partial charge in [-0.3, -0.25) is 4.79 Å². The molecule has 1 saturated heterocycles. The second-order valence-corrected chi connectivity index (χ2v) is 10.5. The third kappa shape index (κ3) is 4.57. The molecule has 1 aliphatic carbocycles. The fourth-order valence-electron chi connectivity index (χ4n) is 5.27. The Kier molecular flexibility index (Phi) is 6.02. The zero-order valence-corrected chi connectivity index (χ0v) is 21.1. The number of rotatable bonds is 6. The van der Waals surface area contributed by atoms with E-state index in [9.17, 15) is 4.79 Å². The van der Waals surface area contributed by atoms with Gasteiger partial charge in [0, 0.05) is 37.5 Å². The highest BCUT2D eigenvalue weighted by Gasteiger charge is 2.46. The minimum atomic E-state index is 0.124. The molecule has 1 aliphatic heterocycles. The van der Waals surface area contributed by atoms with E-state index < -0.39 is 0 Å². The smallest absolute Gasteiger partial charge is 0.226 e. The van der Waals surface area contributed by atoms with E-state index in [1.54, 1.807) is 6.20 Å². The molecule has 1 N–H and O–H groups in total. The number of carbonyl (C=O) groups is 1. The van der Waals surface area contributed by atoms with Crippen molar-refractivity contribution in [2.75, 3.05) is 18.4 Å². The number of piperidine rings is 1. The van der Waals surface area contributed by atoms with Crippen LogP contribution in [0.3, 0.4) is 0 Å². The van der Waals surface area contributed by atoms with Gasteiger partial charge in [0.25, 0.3) is 0 Å². The second kappa shape index (κ2) is 9.46. The van der Waals surface area contributed by atoms with Crippen LogP contribution in [-0.2, 0) is 11.3 Å². The number of halogens is 1. The van der Waals surface area contributed by atoms with Gasteiger partial charge in [-0.05, 0) is 52.2 Å². The van der Waals surface area contributed by atoms with Gasteiger partial charge in [-0.1, -0.05) is 60.7 Å². The van der Waals surface area contributed by atoms with Crippen molar-refractivity contribution in [3.63, 3.8) is 0 Å². The fourth-order valence-corrected chi connectivity index (χ4v) is 5.62. The average molecular weight is 530 g/mol. The number of fused-ring (bicyclic) bond motifs is 1. The predicted molar refractivity (Wildman–Crippen MR) is 140 cm³/mol. The van der Waals surface area contributed by atoms with Crippen molar-refractivity contribution in [3.05, 3.63) is 94.2 Å². The Morgan fingerprint density at radius 1 is 1.09 bits per heavy atom. The first-order valence-electron chi connectivity index (χ1n) is 12.3. The molecule has 7 heteroatoms. The number of aromatic nitrogens is 3. The summed E-state index contributed by atoms with van der Waals surface area (Å²) in [5, 5.41) is 8.05. The van der Waals surface area contributed by atoms with E-state index in [2.05, 4.69) is 73.7 Å². The minimum absolute atomic E-state index is 0.124. The molecule has 2 aliphatic rings. The summed E-state index contributed by atoms with van der Waals surface area (Å²) < 4.78 is 2.71. The fraction of sp³-hybridized carbons (Fsp3) is 0.321. The van der Waals surface area contributed by atoms with Gasteiger partial charge in [0.1, 0.15) is 5.82 Å². The number of benzene rings is 2. The SMILES string of the molecule is O=C([C@@H]1C[C@H]1c1ccccc1)N1CCCC(c2cc(NCc3ccccc3)n3ncc(Br)c3n2)C1. The molecule has 4 aromatic rings. The van der Waals surface area contributed by atoms with Crippen molar-refractivity contribution in [2.24, 2.45) is 5.92 Å². The zero-order chi connectivity index (χ0) is 23.8. The van der Waals surface area contributed by atoms with E-state index in [1.165, 1.54) is 11.1 Å². The Morgan fingerprint density at radius 2 is 1.86 bits per heavy atom. The van der Waals surface area contributed by atoms with Gasteiger partial charge in [-0.25, -0.2) is 4.98 Å². The Balaban J connectivity index is 1.21. The summed E-state index contributed by atoms with van der Waals surface area (Å²) in [6.07, 6.45) is 4.78. The van der Waals surface area contributed by atoms with Gasteiger partial charge in [0.15, 0.2) is 5.65 Å². The highest BCUT2D eigenvalue weighted by atomic mass is 79.9. The van der Waals surface area contributed by atoms with Crippen molar-refractivity contribution in [1.82, 2.24) is 19.5 Å². The summed E-state index contributed by atoms with van der Waals surface area (Å²) in [6, 6.07) is 22.9. The Morgan fingerprint density at radius 3 is 2.66 bits per heavy atom. The monoisotopic (exact) mass is 529 g/mol. The van der Waals surface area contributed by atoms with E-state index in [-0.39, 0.29) is 11.8 Å². The van der Waals surface area contributed by atoms with Crippen LogP contribution >= 0.6 is 15.9 Å². The lowest BCUT2D eigenvalue weighted by Crippen LogP contribution is -2.40. The van der Waals surface area contributed by atoms with Gasteiger partial charge < -0.3 is 10.2 Å². The number of amides is 1. The van der Waals surface area contributed by atoms with Crippen LogP contribution in [0, 0.1) is 5.92 Å². The first-order chi connectivity index (χ1) is 17.2. The maximum absolute atomic E-state index is 13.3. The molecule has 0 bridgehead atoms. The number of hydrogen-bond acceptors (Lipinski definition) is 4. The minimum Gasteiger partial charge on any atom is -0.366 e. The predicted octanol–water partition coefficient (Wildman–Crippen LogP) is 5.61. The number of nitrogens with zero attached hydrogens (tertiary/aromatic N) is 4. The van der Waals surface area contributed by atoms with Crippen LogP contribution in [0.15, 0.2) is 77.4 Å². The van der Waals surface area contributed by atoms with Crippen molar-refractivity contribution < 1.29 is 4.79 Å². The van der Waals surface area contributed by atoms with Crippen LogP contribution in [0.1, 0.15) is 47.9 Å². The van der Waals surface area contributed by atoms with Crippen molar-refractivity contribution >= 4 is 33.3 Å². The molecule has 178 valence electrons. The molecule has 3 heterocycles. The maximum atomic E-state index is 13.3. The molecule has 1 saturated carbocycles. The Bertz CT molecular complexity index is 1340. The molecule has 3 atom stereocenters. The van der Waals surface area contributed by atoms with Crippen LogP contribution in [0.4, 0.5) is 5.82 Å². The van der Waals surface area contributed by atoms with Crippen LogP contribution < -0.4 is 5.32 Å². The summed E-state index contributed by atoms with van der Waals surface area (Å²) in [5.74, 6) is 1.92. The van der Waals surface area contributed by atoms with Crippen molar-refractivity contribution in [2.45, 2.75) is 37.6 Å². The maximum Gasteiger partial charge on any atom is 0.226 e. The van der Waals surface area contributed by atoms with Crippen molar-refractivity contribution in [1.29, 1.82) is 0 Å². The quantitative estimate of drug-likeness (QED) is 0.352. The largest absolute Gasteiger partial charge is 0.366 e. The normalized spacial score (nSPS) is 21.7. The van der Waals surface area contributed by atoms with Crippen LogP contribution in [0.2, 0.25) is 0 Å². The summed E-state index contributed by atoms with van der Waals surface area (Å²) in [5.41, 5.74) is 4.30. The summed E-state index contributed by atoms with van der Waals surface area (Å²) in [6.45, 7) is 2.27. The van der Waals surface area contributed by atoms with E-state index in [1.807, 2.05) is 28.8 Å². The lowest BCUT2D eigenvalue weighted by molar-refractivity contribution is -0.133. The lowest BCUT2D eigenvalue weighted by Gasteiger charge is -2.33. The van der Waals surface area contributed by atoms with Gasteiger partial charge >= 0.3 is 0 Å². The van der Waals surface area contributed by atoms with E-state index in [0.29, 0.717) is 18.4 Å². The molecule has 2 fully saturated rings. The molecule has 6 nitrogen and oxygen atoms in total. The number of anilines is 1. The first kappa shape index (κ1) is 22.3. The van der Waals surface area contributed by atoms with Gasteiger partial charge in [0.05, 0.1) is 16.4 Å². The summed E-state index contributed by atoms with van der Waals surface area (Å²) >= 11 is 3.61. The van der Waals surface area contributed by atoms with Gasteiger partial charge in [0.2, 0.25) is 5.91 Å². The molecule has 6 rings (SSSR count). The van der Waals surface area contributed by atoms with Gasteiger partial charge in [-0.15, -0.1) is 0 Å². The molecule has 0 radical (unpaired) electrons. The lowest BCUT2D eigenvalue weighted by atomic mass is 9.94. The number of carbonyl (C=O) groups excluding carboxylic acids is 1. The molecule has 1 amide bonds. The average Bonchev–Trinajstić information content (AvgIpc) is 3.64. The summed E-state index contributed by atoms with van der Waals surface area (Å²) in [4.78, 5) is 20.4. The Hall–Kier alpha value is -3.19. The first-order valence-corrected chi connectivity index (χ1v) is 13.1.